The first-order valence-electron chi connectivity index (χ1n) is 6.07. The van der Waals surface area contributed by atoms with E-state index in [0.717, 1.165) is 6.42 Å². The van der Waals surface area contributed by atoms with Gasteiger partial charge in [0.25, 0.3) is 0 Å². The van der Waals surface area contributed by atoms with Gasteiger partial charge in [0, 0.05) is 5.41 Å². The largest absolute Gasteiger partial charge is 0.247 e. The monoisotopic (exact) mass is 200 g/mol. The van der Waals surface area contributed by atoms with Crippen LogP contribution in [-0.2, 0) is 0 Å². The van der Waals surface area contributed by atoms with E-state index in [1.807, 2.05) is 0 Å². The predicted octanol–water partition coefficient (Wildman–Crippen LogP) is 4.44. The lowest BCUT2D eigenvalue weighted by Crippen LogP contribution is -2.41. The van der Waals surface area contributed by atoms with Gasteiger partial charge in [0.1, 0.15) is 6.17 Å². The normalized spacial score (nSPS) is 35.6. The van der Waals surface area contributed by atoms with Gasteiger partial charge in [0.2, 0.25) is 0 Å². The molecule has 1 heteroatoms. The van der Waals surface area contributed by atoms with Gasteiger partial charge >= 0.3 is 0 Å². The summed E-state index contributed by atoms with van der Waals surface area (Å²) in [7, 11) is 0. The first-order chi connectivity index (χ1) is 6.43. The molecule has 3 unspecified atom stereocenters. The van der Waals surface area contributed by atoms with Crippen molar-refractivity contribution in [2.75, 3.05) is 0 Å². The Bertz CT molecular complexity index is 174. The molecule has 1 fully saturated rings. The molecule has 3 atom stereocenters. The van der Waals surface area contributed by atoms with Crippen LogP contribution in [0.3, 0.4) is 0 Å². The molecule has 0 radical (unpaired) electrons. The van der Waals surface area contributed by atoms with Gasteiger partial charge in [-0.25, -0.2) is 4.39 Å². The van der Waals surface area contributed by atoms with Crippen molar-refractivity contribution in [3.63, 3.8) is 0 Å². The molecule has 1 aliphatic rings. The van der Waals surface area contributed by atoms with Crippen LogP contribution in [0.4, 0.5) is 4.39 Å². The maximum atomic E-state index is 13.9. The zero-order chi connectivity index (χ0) is 10.9. The summed E-state index contributed by atoms with van der Waals surface area (Å²) >= 11 is 0. The van der Waals surface area contributed by atoms with Gasteiger partial charge in [-0.2, -0.15) is 0 Å². The van der Waals surface area contributed by atoms with Crippen molar-refractivity contribution >= 4 is 0 Å². The summed E-state index contributed by atoms with van der Waals surface area (Å²) < 4.78 is 13.9. The molecule has 0 N–H and O–H groups in total. The molecule has 0 heterocycles. The Kier molecular flexibility index (Phi) is 3.60. The molecule has 0 aliphatic heterocycles. The smallest absolute Gasteiger partial charge is 0.103 e. The summed E-state index contributed by atoms with van der Waals surface area (Å²) in [6, 6.07) is 0. The highest BCUT2D eigenvalue weighted by atomic mass is 19.1. The van der Waals surface area contributed by atoms with E-state index < -0.39 is 6.17 Å². The highest BCUT2D eigenvalue weighted by molar-refractivity contribution is 4.98. The third-order valence-corrected chi connectivity index (χ3v) is 4.44. The molecule has 0 saturated heterocycles. The van der Waals surface area contributed by atoms with Gasteiger partial charge in [-0.05, 0) is 37.5 Å². The molecule has 0 amide bonds. The van der Waals surface area contributed by atoms with Gasteiger partial charge in [-0.15, -0.1) is 0 Å². The molecule has 84 valence electrons. The molecular weight excluding hydrogens is 175 g/mol. The highest BCUT2D eigenvalue weighted by Crippen LogP contribution is 2.54. The molecular formula is C13H25F. The number of halogens is 1. The SMILES string of the molecule is CC(C)C1CCCC1(C(C)C)C(C)F. The summed E-state index contributed by atoms with van der Waals surface area (Å²) in [6.45, 7) is 10.6. The molecule has 14 heavy (non-hydrogen) atoms. The van der Waals surface area contributed by atoms with Crippen molar-refractivity contribution in [2.24, 2.45) is 23.2 Å². The Labute approximate surface area is 88.3 Å². The van der Waals surface area contributed by atoms with Crippen molar-refractivity contribution in [1.82, 2.24) is 0 Å². The van der Waals surface area contributed by atoms with Crippen molar-refractivity contribution in [3.05, 3.63) is 0 Å². The molecule has 1 aliphatic carbocycles. The average Bonchev–Trinajstić information content (AvgIpc) is 2.47. The second-order valence-electron chi connectivity index (χ2n) is 5.63. The molecule has 0 spiro atoms. The van der Waals surface area contributed by atoms with E-state index >= 15 is 0 Å². The maximum Gasteiger partial charge on any atom is 0.103 e. The van der Waals surface area contributed by atoms with Crippen molar-refractivity contribution in [1.29, 1.82) is 0 Å². The minimum atomic E-state index is -0.655. The van der Waals surface area contributed by atoms with E-state index in [9.17, 15) is 4.39 Å². The van der Waals surface area contributed by atoms with Crippen LogP contribution in [0.25, 0.3) is 0 Å². The zero-order valence-electron chi connectivity index (χ0n) is 10.3. The van der Waals surface area contributed by atoms with Crippen LogP contribution < -0.4 is 0 Å². The number of hydrogen-bond acceptors (Lipinski definition) is 0. The molecule has 0 bridgehead atoms. The van der Waals surface area contributed by atoms with E-state index in [1.165, 1.54) is 12.8 Å². The van der Waals surface area contributed by atoms with Crippen LogP contribution in [-0.4, -0.2) is 6.17 Å². The lowest BCUT2D eigenvalue weighted by atomic mass is 9.63. The van der Waals surface area contributed by atoms with Crippen LogP contribution in [0.15, 0.2) is 0 Å². The fraction of sp³-hybridized carbons (Fsp3) is 1.00. The van der Waals surface area contributed by atoms with E-state index in [1.54, 1.807) is 6.92 Å². The van der Waals surface area contributed by atoms with Crippen molar-refractivity contribution < 1.29 is 4.39 Å². The number of alkyl halides is 1. The van der Waals surface area contributed by atoms with Gasteiger partial charge in [0.15, 0.2) is 0 Å². The summed E-state index contributed by atoms with van der Waals surface area (Å²) in [5.41, 5.74) is -0.0336. The zero-order valence-corrected chi connectivity index (χ0v) is 10.3. The van der Waals surface area contributed by atoms with Crippen LogP contribution in [0, 0.1) is 23.2 Å². The lowest BCUT2D eigenvalue weighted by molar-refractivity contribution is 0.00410. The third kappa shape index (κ3) is 1.70. The van der Waals surface area contributed by atoms with Crippen LogP contribution in [0.2, 0.25) is 0 Å². The fourth-order valence-electron chi connectivity index (χ4n) is 3.71. The Balaban J connectivity index is 2.95. The second-order valence-corrected chi connectivity index (χ2v) is 5.63. The Hall–Kier alpha value is -0.0700. The van der Waals surface area contributed by atoms with Crippen molar-refractivity contribution in [3.8, 4) is 0 Å². The molecule has 1 saturated carbocycles. The average molecular weight is 200 g/mol. The first-order valence-corrected chi connectivity index (χ1v) is 6.07. The van der Waals surface area contributed by atoms with Gasteiger partial charge < -0.3 is 0 Å². The standard InChI is InChI=1S/C13H25F/c1-9(2)12-7-6-8-13(12,10(3)4)11(5)14/h9-12H,6-8H2,1-5H3. The van der Waals surface area contributed by atoms with Crippen LogP contribution in [0.5, 0.6) is 0 Å². The Morgan fingerprint density at radius 2 is 1.71 bits per heavy atom. The quantitative estimate of drug-likeness (QED) is 0.631. The summed E-state index contributed by atoms with van der Waals surface area (Å²) in [5.74, 6) is 1.68. The molecule has 0 aromatic heterocycles. The molecule has 0 nitrogen and oxygen atoms in total. The summed E-state index contributed by atoms with van der Waals surface area (Å²) in [6.07, 6.45) is 2.88. The van der Waals surface area contributed by atoms with Gasteiger partial charge in [-0.3, -0.25) is 0 Å². The van der Waals surface area contributed by atoms with Gasteiger partial charge in [0.05, 0.1) is 0 Å². The summed E-state index contributed by atoms with van der Waals surface area (Å²) in [5, 5.41) is 0. The van der Waals surface area contributed by atoms with E-state index in [4.69, 9.17) is 0 Å². The second kappa shape index (κ2) is 4.20. The first kappa shape index (κ1) is 12.0. The maximum absolute atomic E-state index is 13.9. The molecule has 0 aromatic carbocycles. The van der Waals surface area contributed by atoms with E-state index in [2.05, 4.69) is 27.7 Å². The topological polar surface area (TPSA) is 0 Å². The Morgan fingerprint density at radius 1 is 1.14 bits per heavy atom. The lowest BCUT2D eigenvalue weighted by Gasteiger charge is -2.43. The highest BCUT2D eigenvalue weighted by Gasteiger charge is 2.50. The molecule has 1 rings (SSSR count). The summed E-state index contributed by atoms with van der Waals surface area (Å²) in [4.78, 5) is 0. The number of rotatable bonds is 3. The van der Waals surface area contributed by atoms with Crippen LogP contribution >= 0.6 is 0 Å². The molecule has 0 aromatic rings. The van der Waals surface area contributed by atoms with E-state index in [-0.39, 0.29) is 5.41 Å². The van der Waals surface area contributed by atoms with Crippen molar-refractivity contribution in [2.45, 2.75) is 60.1 Å². The Morgan fingerprint density at radius 3 is 2.00 bits per heavy atom. The van der Waals surface area contributed by atoms with Crippen LogP contribution in [0.1, 0.15) is 53.9 Å². The third-order valence-electron chi connectivity index (χ3n) is 4.44. The minimum Gasteiger partial charge on any atom is -0.247 e. The fourth-order valence-corrected chi connectivity index (χ4v) is 3.71. The predicted molar refractivity (Wildman–Crippen MR) is 60.0 cm³/mol. The minimum absolute atomic E-state index is 0.0336. The van der Waals surface area contributed by atoms with Gasteiger partial charge in [-0.1, -0.05) is 34.1 Å². The number of hydrogen-bond donors (Lipinski definition) is 0. The van der Waals surface area contributed by atoms with E-state index in [0.29, 0.717) is 17.8 Å².